The van der Waals surface area contributed by atoms with Gasteiger partial charge in [0, 0.05) is 36.6 Å². The molecule has 1 saturated heterocycles. The van der Waals surface area contributed by atoms with Gasteiger partial charge in [0.2, 0.25) is 0 Å². The number of rotatable bonds is 5. The maximum Gasteiger partial charge on any atom is 0.255 e. The molecule has 0 unspecified atom stereocenters. The highest BCUT2D eigenvalue weighted by Gasteiger charge is 2.15. The summed E-state index contributed by atoms with van der Waals surface area (Å²) in [6.45, 7) is 7.82. The van der Waals surface area contributed by atoms with Crippen molar-refractivity contribution in [3.05, 3.63) is 76.9 Å². The molecule has 2 heterocycles. The molecule has 1 N–H and O–H groups in total. The Morgan fingerprint density at radius 1 is 1.13 bits per heavy atom. The van der Waals surface area contributed by atoms with E-state index < -0.39 is 5.82 Å². The maximum atomic E-state index is 14.4. The van der Waals surface area contributed by atoms with Gasteiger partial charge in [-0.15, -0.1) is 0 Å². The van der Waals surface area contributed by atoms with Crippen molar-refractivity contribution >= 4 is 11.6 Å². The third-order valence-electron chi connectivity index (χ3n) is 5.14. The van der Waals surface area contributed by atoms with E-state index in [2.05, 4.69) is 15.3 Å². The van der Waals surface area contributed by atoms with Crippen molar-refractivity contribution in [3.63, 3.8) is 0 Å². The summed E-state index contributed by atoms with van der Waals surface area (Å²) in [5.41, 5.74) is 4.06. The molecule has 6 nitrogen and oxygen atoms in total. The fourth-order valence-corrected chi connectivity index (χ4v) is 3.66. The van der Waals surface area contributed by atoms with Gasteiger partial charge < -0.3 is 10.1 Å². The first-order valence-electron chi connectivity index (χ1n) is 10.0. The van der Waals surface area contributed by atoms with Gasteiger partial charge in [0.05, 0.1) is 18.9 Å². The molecule has 0 spiro atoms. The molecule has 1 amide bonds. The number of nitrogens with one attached hydrogen (secondary N) is 1. The molecule has 1 fully saturated rings. The molecule has 3 aromatic rings. The summed E-state index contributed by atoms with van der Waals surface area (Å²) < 4.78 is 21.3. The lowest BCUT2D eigenvalue weighted by atomic mass is 10.1. The van der Waals surface area contributed by atoms with Crippen molar-refractivity contribution < 1.29 is 13.9 Å². The van der Waals surface area contributed by atoms with Crippen molar-refractivity contribution in [3.8, 4) is 5.69 Å². The lowest BCUT2D eigenvalue weighted by molar-refractivity contribution is 0.0342. The van der Waals surface area contributed by atoms with Gasteiger partial charge in [0.25, 0.3) is 5.91 Å². The fourth-order valence-electron chi connectivity index (χ4n) is 3.66. The van der Waals surface area contributed by atoms with Crippen LogP contribution in [0.25, 0.3) is 5.69 Å². The molecule has 1 aromatic heterocycles. The van der Waals surface area contributed by atoms with E-state index >= 15 is 0 Å². The Balaban J connectivity index is 1.51. The number of anilines is 1. The van der Waals surface area contributed by atoms with Crippen LogP contribution in [0.4, 0.5) is 10.1 Å². The van der Waals surface area contributed by atoms with Gasteiger partial charge in [-0.25, -0.2) is 9.07 Å². The molecule has 0 atom stereocenters. The van der Waals surface area contributed by atoms with Crippen molar-refractivity contribution in [2.75, 3.05) is 31.6 Å². The van der Waals surface area contributed by atoms with Crippen molar-refractivity contribution in [1.82, 2.24) is 14.7 Å². The first-order chi connectivity index (χ1) is 14.5. The molecule has 4 rings (SSSR count). The van der Waals surface area contributed by atoms with Crippen LogP contribution in [0.1, 0.15) is 27.3 Å². The second-order valence-electron chi connectivity index (χ2n) is 7.55. The smallest absolute Gasteiger partial charge is 0.255 e. The maximum absolute atomic E-state index is 14.4. The average molecular weight is 408 g/mol. The van der Waals surface area contributed by atoms with Crippen LogP contribution < -0.4 is 5.32 Å². The molecule has 2 aromatic carbocycles. The zero-order chi connectivity index (χ0) is 21.1. The minimum Gasteiger partial charge on any atom is -0.379 e. The van der Waals surface area contributed by atoms with Crippen molar-refractivity contribution in [2.24, 2.45) is 0 Å². The second-order valence-corrected chi connectivity index (χ2v) is 7.55. The topological polar surface area (TPSA) is 59.4 Å². The Morgan fingerprint density at radius 3 is 2.67 bits per heavy atom. The number of ether oxygens (including phenoxy) is 1. The zero-order valence-electron chi connectivity index (χ0n) is 17.2. The molecular weight excluding hydrogens is 383 g/mol. The predicted molar refractivity (Wildman–Crippen MR) is 113 cm³/mol. The lowest BCUT2D eigenvalue weighted by Crippen LogP contribution is -2.35. The van der Waals surface area contributed by atoms with Crippen LogP contribution in [-0.2, 0) is 11.3 Å². The highest BCUT2D eigenvalue weighted by molar-refractivity contribution is 6.04. The third-order valence-corrected chi connectivity index (χ3v) is 5.14. The van der Waals surface area contributed by atoms with Crippen LogP contribution in [-0.4, -0.2) is 46.9 Å². The van der Waals surface area contributed by atoms with Crippen molar-refractivity contribution in [2.45, 2.75) is 20.4 Å². The van der Waals surface area contributed by atoms with Gasteiger partial charge in [0.1, 0.15) is 11.5 Å². The quantitative estimate of drug-likeness (QED) is 0.699. The van der Waals surface area contributed by atoms with Gasteiger partial charge >= 0.3 is 0 Å². The summed E-state index contributed by atoms with van der Waals surface area (Å²) in [5.74, 6) is -0.716. The van der Waals surface area contributed by atoms with E-state index in [1.807, 2.05) is 44.2 Å². The summed E-state index contributed by atoms with van der Waals surface area (Å²) in [4.78, 5) is 15.1. The first-order valence-corrected chi connectivity index (χ1v) is 10.0. The number of morpholine rings is 1. The Hall–Kier alpha value is -3.03. The normalized spacial score (nSPS) is 14.6. The molecule has 156 valence electrons. The first kappa shape index (κ1) is 20.3. The van der Waals surface area contributed by atoms with Gasteiger partial charge in [-0.1, -0.05) is 12.1 Å². The number of benzene rings is 2. The van der Waals surface area contributed by atoms with Crippen LogP contribution in [0.5, 0.6) is 0 Å². The SMILES string of the molecule is Cc1cc(C)n(-c2cc(C(=O)Nc3cccc(CN4CCOCC4)c3)ccc2F)n1. The number of carbonyl (C=O) groups is 1. The number of amides is 1. The van der Waals surface area contributed by atoms with Crippen LogP contribution in [0.15, 0.2) is 48.5 Å². The van der Waals surface area contributed by atoms with E-state index in [4.69, 9.17) is 4.74 Å². The van der Waals surface area contributed by atoms with E-state index in [-0.39, 0.29) is 11.6 Å². The number of nitrogens with zero attached hydrogens (tertiary/aromatic N) is 3. The number of aromatic nitrogens is 2. The minimum atomic E-state index is -0.426. The standard InChI is InChI=1S/C23H25FN4O2/c1-16-12-17(2)28(26-16)22-14-19(6-7-21(22)24)23(29)25-20-5-3-4-18(13-20)15-27-8-10-30-11-9-27/h3-7,12-14H,8-11,15H2,1-2H3,(H,25,29). The monoisotopic (exact) mass is 408 g/mol. The Morgan fingerprint density at radius 2 is 1.93 bits per heavy atom. The van der Waals surface area contributed by atoms with Crippen LogP contribution in [0.3, 0.4) is 0 Å². The number of carbonyl (C=O) groups excluding carboxylic acids is 1. The number of halogens is 1. The summed E-state index contributed by atoms with van der Waals surface area (Å²) in [6, 6.07) is 14.0. The number of hydrogen-bond acceptors (Lipinski definition) is 4. The summed E-state index contributed by atoms with van der Waals surface area (Å²) in [5, 5.41) is 7.24. The largest absolute Gasteiger partial charge is 0.379 e. The van der Waals surface area contributed by atoms with Crippen LogP contribution in [0, 0.1) is 19.7 Å². The molecular formula is C23H25FN4O2. The summed E-state index contributed by atoms with van der Waals surface area (Å²) in [7, 11) is 0. The highest BCUT2D eigenvalue weighted by Crippen LogP contribution is 2.20. The fraction of sp³-hybridized carbons (Fsp3) is 0.304. The Kier molecular flexibility index (Phi) is 5.92. The van der Waals surface area contributed by atoms with Gasteiger partial charge in [-0.05, 0) is 55.8 Å². The van der Waals surface area contributed by atoms with Crippen molar-refractivity contribution in [1.29, 1.82) is 0 Å². The number of aryl methyl sites for hydroxylation is 2. The zero-order valence-corrected chi connectivity index (χ0v) is 17.2. The molecule has 0 aliphatic carbocycles. The highest BCUT2D eigenvalue weighted by atomic mass is 19.1. The van der Waals surface area contributed by atoms with E-state index in [9.17, 15) is 9.18 Å². The van der Waals surface area contributed by atoms with E-state index in [1.54, 1.807) is 0 Å². The Bertz CT molecular complexity index is 1060. The summed E-state index contributed by atoms with van der Waals surface area (Å²) in [6.07, 6.45) is 0. The molecule has 0 radical (unpaired) electrons. The molecule has 30 heavy (non-hydrogen) atoms. The average Bonchev–Trinajstić information content (AvgIpc) is 3.07. The molecule has 7 heteroatoms. The molecule has 0 saturated carbocycles. The van der Waals surface area contributed by atoms with E-state index in [0.717, 1.165) is 49.8 Å². The van der Waals surface area contributed by atoms with E-state index in [0.29, 0.717) is 11.3 Å². The molecule has 1 aliphatic heterocycles. The predicted octanol–water partition coefficient (Wildman–Crippen LogP) is 3.71. The second kappa shape index (κ2) is 8.77. The van der Waals surface area contributed by atoms with Gasteiger partial charge in [-0.3, -0.25) is 9.69 Å². The minimum absolute atomic E-state index is 0.259. The summed E-state index contributed by atoms with van der Waals surface area (Å²) >= 11 is 0. The molecule has 1 aliphatic rings. The Labute approximate surface area is 175 Å². The lowest BCUT2D eigenvalue weighted by Gasteiger charge is -2.26. The molecule has 0 bridgehead atoms. The van der Waals surface area contributed by atoms with Crippen LogP contribution in [0.2, 0.25) is 0 Å². The number of hydrogen-bond donors (Lipinski definition) is 1. The third kappa shape index (κ3) is 4.58. The van der Waals surface area contributed by atoms with Gasteiger partial charge in [0.15, 0.2) is 0 Å². The van der Waals surface area contributed by atoms with Crippen LogP contribution >= 0.6 is 0 Å². The van der Waals surface area contributed by atoms with Gasteiger partial charge in [-0.2, -0.15) is 5.10 Å². The van der Waals surface area contributed by atoms with E-state index in [1.165, 1.54) is 22.9 Å².